The second-order valence-corrected chi connectivity index (χ2v) is 7.85. The summed E-state index contributed by atoms with van der Waals surface area (Å²) in [6, 6.07) is 22.6. The zero-order chi connectivity index (χ0) is 21.1. The Morgan fingerprint density at radius 2 is 1.70 bits per heavy atom. The van der Waals surface area contributed by atoms with E-state index in [1.54, 1.807) is 0 Å². The minimum atomic E-state index is -0.0333. The van der Waals surface area contributed by atoms with Crippen LogP contribution in [0.5, 0.6) is 0 Å². The van der Waals surface area contributed by atoms with Gasteiger partial charge in [0.2, 0.25) is 0 Å². The van der Waals surface area contributed by atoms with Gasteiger partial charge in [0.15, 0.2) is 0 Å². The fraction of sp³-hybridized carbons (Fsp3) is 0.231. The molecule has 0 saturated carbocycles. The second kappa shape index (κ2) is 8.54. The minimum absolute atomic E-state index is 0.0333. The molecular weight excluding hydrogens is 370 g/mol. The molecule has 30 heavy (non-hydrogen) atoms. The molecule has 0 aliphatic rings. The third-order valence-electron chi connectivity index (χ3n) is 5.58. The van der Waals surface area contributed by atoms with E-state index in [0.717, 1.165) is 40.1 Å². The van der Waals surface area contributed by atoms with Crippen LogP contribution in [0.25, 0.3) is 11.0 Å². The maximum absolute atomic E-state index is 12.6. The van der Waals surface area contributed by atoms with E-state index in [4.69, 9.17) is 4.98 Å². The fourth-order valence-electron chi connectivity index (χ4n) is 3.90. The number of amides is 1. The van der Waals surface area contributed by atoms with Gasteiger partial charge in [-0.25, -0.2) is 4.98 Å². The summed E-state index contributed by atoms with van der Waals surface area (Å²) in [7, 11) is 0. The van der Waals surface area contributed by atoms with Gasteiger partial charge in [-0.2, -0.15) is 0 Å². The molecule has 0 aliphatic heterocycles. The Bertz CT molecular complexity index is 1210. The van der Waals surface area contributed by atoms with Crippen molar-refractivity contribution in [1.82, 2.24) is 14.9 Å². The van der Waals surface area contributed by atoms with E-state index in [9.17, 15) is 4.79 Å². The summed E-state index contributed by atoms with van der Waals surface area (Å²) in [5.74, 6) is 0.953. The van der Waals surface area contributed by atoms with Crippen LogP contribution in [0, 0.1) is 20.8 Å². The maximum atomic E-state index is 12.6. The summed E-state index contributed by atoms with van der Waals surface area (Å²) in [6.45, 7) is 7.46. The summed E-state index contributed by atoms with van der Waals surface area (Å²) in [5.41, 5.74) is 7.55. The number of hydrogen-bond donors (Lipinski definition) is 1. The molecule has 0 bridgehead atoms. The monoisotopic (exact) mass is 397 g/mol. The Hall–Kier alpha value is -3.40. The third kappa shape index (κ3) is 4.13. The quantitative estimate of drug-likeness (QED) is 0.499. The molecule has 1 N–H and O–H groups in total. The number of imidazole rings is 1. The van der Waals surface area contributed by atoms with E-state index >= 15 is 0 Å². The molecule has 4 aromatic rings. The first-order valence-electron chi connectivity index (χ1n) is 10.4. The first-order chi connectivity index (χ1) is 14.5. The van der Waals surface area contributed by atoms with Crippen molar-refractivity contribution in [2.45, 2.75) is 33.7 Å². The van der Waals surface area contributed by atoms with Crippen LogP contribution in [-0.2, 0) is 13.0 Å². The van der Waals surface area contributed by atoms with Crippen molar-refractivity contribution >= 4 is 16.9 Å². The summed E-state index contributed by atoms with van der Waals surface area (Å²) < 4.78 is 2.26. The van der Waals surface area contributed by atoms with Gasteiger partial charge in [0.05, 0.1) is 11.0 Å². The third-order valence-corrected chi connectivity index (χ3v) is 5.58. The lowest BCUT2D eigenvalue weighted by molar-refractivity contribution is 0.0953. The molecule has 0 spiro atoms. The van der Waals surface area contributed by atoms with Gasteiger partial charge in [0.1, 0.15) is 5.82 Å². The normalized spacial score (nSPS) is 11.0. The summed E-state index contributed by atoms with van der Waals surface area (Å²) in [5, 5.41) is 3.06. The van der Waals surface area contributed by atoms with Gasteiger partial charge in [0, 0.05) is 25.1 Å². The van der Waals surface area contributed by atoms with Gasteiger partial charge in [-0.1, -0.05) is 54.1 Å². The van der Waals surface area contributed by atoms with Crippen molar-refractivity contribution in [1.29, 1.82) is 0 Å². The zero-order valence-electron chi connectivity index (χ0n) is 17.8. The van der Waals surface area contributed by atoms with Crippen molar-refractivity contribution in [2.24, 2.45) is 0 Å². The lowest BCUT2D eigenvalue weighted by Gasteiger charge is -2.12. The Labute approximate surface area is 177 Å². The molecule has 0 saturated heterocycles. The van der Waals surface area contributed by atoms with Crippen LogP contribution >= 0.6 is 0 Å². The number of carbonyl (C=O) groups excluding carboxylic acids is 1. The smallest absolute Gasteiger partial charge is 0.251 e. The van der Waals surface area contributed by atoms with E-state index in [0.29, 0.717) is 13.0 Å². The number of aromatic nitrogens is 2. The van der Waals surface area contributed by atoms with E-state index in [1.165, 1.54) is 11.1 Å². The van der Waals surface area contributed by atoms with Crippen molar-refractivity contribution < 1.29 is 4.79 Å². The van der Waals surface area contributed by atoms with E-state index in [1.807, 2.05) is 50.2 Å². The minimum Gasteiger partial charge on any atom is -0.352 e. The zero-order valence-corrected chi connectivity index (χ0v) is 17.8. The molecule has 0 unspecified atom stereocenters. The van der Waals surface area contributed by atoms with Crippen LogP contribution in [0.3, 0.4) is 0 Å². The lowest BCUT2D eigenvalue weighted by Crippen LogP contribution is -2.27. The number of benzene rings is 3. The molecule has 4 nitrogen and oxygen atoms in total. The number of rotatable bonds is 6. The Morgan fingerprint density at radius 3 is 2.50 bits per heavy atom. The van der Waals surface area contributed by atoms with Gasteiger partial charge in [0.25, 0.3) is 5.91 Å². The summed E-state index contributed by atoms with van der Waals surface area (Å²) in [4.78, 5) is 17.5. The highest BCUT2D eigenvalue weighted by Crippen LogP contribution is 2.20. The molecule has 152 valence electrons. The SMILES string of the molecule is Cc1ccc(C(=O)NCCc2nc3ccccc3n2Cc2ccccc2C)c(C)c1. The average Bonchev–Trinajstić information content (AvgIpc) is 3.07. The van der Waals surface area contributed by atoms with Gasteiger partial charge in [-0.15, -0.1) is 0 Å². The number of carbonyl (C=O) groups is 1. The molecule has 4 heteroatoms. The molecule has 0 radical (unpaired) electrons. The number of nitrogens with one attached hydrogen (secondary N) is 1. The number of hydrogen-bond acceptors (Lipinski definition) is 2. The highest BCUT2D eigenvalue weighted by molar-refractivity contribution is 5.95. The molecule has 0 aliphatic carbocycles. The van der Waals surface area contributed by atoms with E-state index < -0.39 is 0 Å². The van der Waals surface area contributed by atoms with Crippen LogP contribution < -0.4 is 5.32 Å². The predicted molar refractivity (Wildman–Crippen MR) is 122 cm³/mol. The van der Waals surface area contributed by atoms with Crippen LogP contribution in [0.1, 0.15) is 38.4 Å². The Morgan fingerprint density at radius 1 is 0.933 bits per heavy atom. The van der Waals surface area contributed by atoms with Crippen molar-refractivity contribution in [3.63, 3.8) is 0 Å². The second-order valence-electron chi connectivity index (χ2n) is 7.85. The number of fused-ring (bicyclic) bond motifs is 1. The summed E-state index contributed by atoms with van der Waals surface area (Å²) in [6.07, 6.45) is 0.678. The summed E-state index contributed by atoms with van der Waals surface area (Å²) >= 11 is 0. The van der Waals surface area contributed by atoms with E-state index in [2.05, 4.69) is 47.1 Å². The number of nitrogens with zero attached hydrogens (tertiary/aromatic N) is 2. The first-order valence-corrected chi connectivity index (χ1v) is 10.4. The van der Waals surface area contributed by atoms with Gasteiger partial charge in [-0.05, 0) is 55.7 Å². The van der Waals surface area contributed by atoms with Crippen molar-refractivity contribution in [3.05, 3.63) is 100 Å². The fourth-order valence-corrected chi connectivity index (χ4v) is 3.90. The van der Waals surface area contributed by atoms with Crippen LogP contribution in [0.2, 0.25) is 0 Å². The molecule has 1 amide bonds. The van der Waals surface area contributed by atoms with Gasteiger partial charge < -0.3 is 9.88 Å². The maximum Gasteiger partial charge on any atom is 0.251 e. The highest BCUT2D eigenvalue weighted by atomic mass is 16.1. The van der Waals surface area contributed by atoms with Gasteiger partial charge in [-0.3, -0.25) is 4.79 Å². The van der Waals surface area contributed by atoms with Crippen molar-refractivity contribution in [2.75, 3.05) is 6.54 Å². The lowest BCUT2D eigenvalue weighted by atomic mass is 10.1. The molecule has 0 fully saturated rings. The molecule has 3 aromatic carbocycles. The molecule has 1 aromatic heterocycles. The average molecular weight is 398 g/mol. The van der Waals surface area contributed by atoms with Crippen LogP contribution in [0.4, 0.5) is 0 Å². The first kappa shape index (κ1) is 19.9. The van der Waals surface area contributed by atoms with Crippen molar-refractivity contribution in [3.8, 4) is 0 Å². The molecule has 0 atom stereocenters. The van der Waals surface area contributed by atoms with E-state index in [-0.39, 0.29) is 5.91 Å². The van der Waals surface area contributed by atoms with Crippen LogP contribution in [-0.4, -0.2) is 22.0 Å². The number of para-hydroxylation sites is 2. The van der Waals surface area contributed by atoms with Crippen LogP contribution in [0.15, 0.2) is 66.7 Å². The number of aryl methyl sites for hydroxylation is 3. The standard InChI is InChI=1S/C26H27N3O/c1-18-12-13-22(20(3)16-18)26(30)27-15-14-25-28-23-10-6-7-11-24(23)29(25)17-21-9-5-4-8-19(21)2/h4-13,16H,14-15,17H2,1-3H3,(H,27,30). The Balaban J connectivity index is 1.54. The predicted octanol–water partition coefficient (Wildman–Crippen LogP) is 4.98. The molecule has 1 heterocycles. The highest BCUT2D eigenvalue weighted by Gasteiger charge is 2.13. The largest absolute Gasteiger partial charge is 0.352 e. The Kier molecular flexibility index (Phi) is 5.66. The molecular formula is C26H27N3O. The van der Waals surface area contributed by atoms with Gasteiger partial charge >= 0.3 is 0 Å². The topological polar surface area (TPSA) is 46.9 Å². The molecule has 4 rings (SSSR count).